The molecular formula is C12H24N2O2. The molecule has 2 saturated heterocycles. The summed E-state index contributed by atoms with van der Waals surface area (Å²) >= 11 is 0. The number of hydrogen-bond acceptors (Lipinski definition) is 4. The molecule has 2 fully saturated rings. The summed E-state index contributed by atoms with van der Waals surface area (Å²) in [6.45, 7) is 5.61. The molecule has 0 spiro atoms. The summed E-state index contributed by atoms with van der Waals surface area (Å²) < 4.78 is 11.0. The van der Waals surface area contributed by atoms with Gasteiger partial charge in [-0.1, -0.05) is 0 Å². The number of hydrogen-bond donors (Lipinski definition) is 1. The largest absolute Gasteiger partial charge is 0.381 e. The molecule has 2 rings (SSSR count). The fourth-order valence-electron chi connectivity index (χ4n) is 2.85. The molecule has 2 aliphatic heterocycles. The lowest BCUT2D eigenvalue weighted by atomic mass is 9.90. The zero-order chi connectivity index (χ0) is 11.6. The van der Waals surface area contributed by atoms with Gasteiger partial charge in [0.05, 0.1) is 6.10 Å². The van der Waals surface area contributed by atoms with Crippen molar-refractivity contribution < 1.29 is 9.47 Å². The molecule has 2 aliphatic rings. The van der Waals surface area contributed by atoms with Gasteiger partial charge in [0.25, 0.3) is 0 Å². The monoisotopic (exact) mass is 228 g/mol. The Morgan fingerprint density at radius 2 is 2.00 bits per heavy atom. The maximum atomic E-state index is 6.41. The van der Waals surface area contributed by atoms with E-state index in [4.69, 9.17) is 15.2 Å². The van der Waals surface area contributed by atoms with Gasteiger partial charge in [0.15, 0.2) is 0 Å². The van der Waals surface area contributed by atoms with Gasteiger partial charge in [-0.25, -0.2) is 0 Å². The fraction of sp³-hybridized carbons (Fsp3) is 1.00. The van der Waals surface area contributed by atoms with E-state index in [0.717, 1.165) is 45.6 Å². The molecule has 2 N–H and O–H groups in total. The van der Waals surface area contributed by atoms with E-state index >= 15 is 0 Å². The first-order valence-electron chi connectivity index (χ1n) is 6.29. The van der Waals surface area contributed by atoms with Gasteiger partial charge in [0.2, 0.25) is 0 Å². The van der Waals surface area contributed by atoms with E-state index in [-0.39, 0.29) is 5.54 Å². The lowest BCUT2D eigenvalue weighted by molar-refractivity contribution is 0.0261. The first-order valence-corrected chi connectivity index (χ1v) is 6.29. The Balaban J connectivity index is 1.87. The zero-order valence-corrected chi connectivity index (χ0v) is 10.4. The lowest BCUT2D eigenvalue weighted by Gasteiger charge is -2.39. The van der Waals surface area contributed by atoms with Crippen LogP contribution in [0.5, 0.6) is 0 Å². The molecule has 2 heterocycles. The first-order chi connectivity index (χ1) is 7.61. The van der Waals surface area contributed by atoms with Crippen LogP contribution in [-0.2, 0) is 9.47 Å². The highest BCUT2D eigenvalue weighted by Gasteiger charge is 2.34. The van der Waals surface area contributed by atoms with Crippen molar-refractivity contribution in [3.05, 3.63) is 0 Å². The Kier molecular flexibility index (Phi) is 3.85. The average Bonchev–Trinajstić information content (AvgIpc) is 2.65. The summed E-state index contributed by atoms with van der Waals surface area (Å²) in [6, 6.07) is 0.531. The third-order valence-electron chi connectivity index (χ3n) is 3.96. The Hall–Kier alpha value is -0.160. The third-order valence-corrected chi connectivity index (χ3v) is 3.96. The SMILES string of the molecule is CC1OCCC1N(C)CC1(N)CCOCC1. The molecule has 0 saturated carbocycles. The predicted molar refractivity (Wildman–Crippen MR) is 63.4 cm³/mol. The van der Waals surface area contributed by atoms with Crippen molar-refractivity contribution in [1.82, 2.24) is 4.90 Å². The Bertz CT molecular complexity index is 229. The van der Waals surface area contributed by atoms with Crippen molar-refractivity contribution in [3.8, 4) is 0 Å². The molecule has 94 valence electrons. The van der Waals surface area contributed by atoms with Crippen LogP contribution in [0.3, 0.4) is 0 Å². The van der Waals surface area contributed by atoms with Crippen molar-refractivity contribution >= 4 is 0 Å². The van der Waals surface area contributed by atoms with Crippen molar-refractivity contribution in [3.63, 3.8) is 0 Å². The van der Waals surface area contributed by atoms with E-state index in [1.165, 1.54) is 0 Å². The zero-order valence-electron chi connectivity index (χ0n) is 10.4. The van der Waals surface area contributed by atoms with Gasteiger partial charge < -0.3 is 15.2 Å². The van der Waals surface area contributed by atoms with Crippen LogP contribution in [0.25, 0.3) is 0 Å². The van der Waals surface area contributed by atoms with Crippen LogP contribution in [0.15, 0.2) is 0 Å². The molecule has 0 radical (unpaired) electrons. The number of nitrogens with two attached hydrogens (primary N) is 1. The summed E-state index contributed by atoms with van der Waals surface area (Å²) in [5.74, 6) is 0. The molecule has 2 atom stereocenters. The number of nitrogens with zero attached hydrogens (tertiary/aromatic N) is 1. The van der Waals surface area contributed by atoms with Gasteiger partial charge in [-0.2, -0.15) is 0 Å². The van der Waals surface area contributed by atoms with Gasteiger partial charge in [0.1, 0.15) is 0 Å². The molecule has 4 heteroatoms. The second-order valence-corrected chi connectivity index (χ2v) is 5.32. The normalized spacial score (nSPS) is 34.5. The lowest BCUT2D eigenvalue weighted by Crippen LogP contribution is -2.55. The maximum absolute atomic E-state index is 6.41. The van der Waals surface area contributed by atoms with Gasteiger partial charge >= 0.3 is 0 Å². The molecule has 0 bridgehead atoms. The maximum Gasteiger partial charge on any atom is 0.0702 e. The molecule has 0 amide bonds. The minimum Gasteiger partial charge on any atom is -0.381 e. The summed E-state index contributed by atoms with van der Waals surface area (Å²) in [4.78, 5) is 2.38. The van der Waals surface area contributed by atoms with Crippen LogP contribution < -0.4 is 5.73 Å². The van der Waals surface area contributed by atoms with Crippen LogP contribution in [0.2, 0.25) is 0 Å². The standard InChI is InChI=1S/C12H24N2O2/c1-10-11(3-6-16-10)14(2)9-12(13)4-7-15-8-5-12/h10-11H,3-9,13H2,1-2H3. The second kappa shape index (κ2) is 5.00. The summed E-state index contributed by atoms with van der Waals surface area (Å²) in [5.41, 5.74) is 6.35. The summed E-state index contributed by atoms with van der Waals surface area (Å²) in [7, 11) is 2.17. The van der Waals surface area contributed by atoms with Crippen LogP contribution in [0.4, 0.5) is 0 Å². The summed E-state index contributed by atoms with van der Waals surface area (Å²) in [5, 5.41) is 0. The highest BCUT2D eigenvalue weighted by molar-refractivity contribution is 4.92. The predicted octanol–water partition coefficient (Wildman–Crippen LogP) is 0.603. The van der Waals surface area contributed by atoms with Gasteiger partial charge in [0, 0.05) is 37.9 Å². The van der Waals surface area contributed by atoms with E-state index in [9.17, 15) is 0 Å². The van der Waals surface area contributed by atoms with E-state index in [1.807, 2.05) is 0 Å². The minimum absolute atomic E-state index is 0.0602. The van der Waals surface area contributed by atoms with Crippen LogP contribution in [0, 0.1) is 0 Å². The molecule has 4 nitrogen and oxygen atoms in total. The minimum atomic E-state index is -0.0602. The molecule has 0 aromatic rings. The topological polar surface area (TPSA) is 47.7 Å². The van der Waals surface area contributed by atoms with E-state index < -0.39 is 0 Å². The highest BCUT2D eigenvalue weighted by atomic mass is 16.5. The van der Waals surface area contributed by atoms with Crippen molar-refractivity contribution in [1.29, 1.82) is 0 Å². The Labute approximate surface area is 98.1 Å². The van der Waals surface area contributed by atoms with Crippen LogP contribution >= 0.6 is 0 Å². The first kappa shape index (κ1) is 12.3. The quantitative estimate of drug-likeness (QED) is 0.768. The van der Waals surface area contributed by atoms with Crippen molar-refractivity contribution in [2.24, 2.45) is 5.73 Å². The van der Waals surface area contributed by atoms with Crippen molar-refractivity contribution in [2.45, 2.75) is 43.9 Å². The molecule has 16 heavy (non-hydrogen) atoms. The van der Waals surface area contributed by atoms with E-state index in [2.05, 4.69) is 18.9 Å². The molecule has 2 unspecified atom stereocenters. The smallest absolute Gasteiger partial charge is 0.0702 e. The van der Waals surface area contributed by atoms with Crippen LogP contribution in [0.1, 0.15) is 26.2 Å². The Morgan fingerprint density at radius 3 is 2.56 bits per heavy atom. The third kappa shape index (κ3) is 2.74. The van der Waals surface area contributed by atoms with Gasteiger partial charge in [-0.3, -0.25) is 4.90 Å². The Morgan fingerprint density at radius 1 is 1.31 bits per heavy atom. The highest BCUT2D eigenvalue weighted by Crippen LogP contribution is 2.23. The van der Waals surface area contributed by atoms with Crippen molar-refractivity contribution in [2.75, 3.05) is 33.4 Å². The molecule has 0 aromatic carbocycles. The fourth-order valence-corrected chi connectivity index (χ4v) is 2.85. The number of likely N-dealkylation sites (N-methyl/N-ethyl adjacent to an activating group) is 1. The van der Waals surface area contributed by atoms with E-state index in [0.29, 0.717) is 12.1 Å². The van der Waals surface area contributed by atoms with Gasteiger partial charge in [-0.05, 0) is 33.2 Å². The van der Waals surface area contributed by atoms with E-state index in [1.54, 1.807) is 0 Å². The molecule has 0 aliphatic carbocycles. The second-order valence-electron chi connectivity index (χ2n) is 5.32. The number of ether oxygens (including phenoxy) is 2. The van der Waals surface area contributed by atoms with Crippen LogP contribution in [-0.4, -0.2) is 56.0 Å². The molecular weight excluding hydrogens is 204 g/mol. The molecule has 0 aromatic heterocycles. The number of rotatable bonds is 3. The van der Waals surface area contributed by atoms with Gasteiger partial charge in [-0.15, -0.1) is 0 Å². The summed E-state index contributed by atoms with van der Waals surface area (Å²) in [6.07, 6.45) is 3.41. The average molecular weight is 228 g/mol.